The number of rotatable bonds is 5. The molecule has 0 saturated heterocycles. The van der Waals surface area contributed by atoms with E-state index in [1.165, 1.54) is 18.2 Å². The van der Waals surface area contributed by atoms with Crippen molar-refractivity contribution in [2.45, 2.75) is 11.4 Å². The Labute approximate surface area is 143 Å². The van der Waals surface area contributed by atoms with E-state index in [1.54, 1.807) is 23.5 Å². The van der Waals surface area contributed by atoms with E-state index >= 15 is 0 Å². The molecule has 0 unspecified atom stereocenters. The summed E-state index contributed by atoms with van der Waals surface area (Å²) >= 11 is 1.59. The minimum absolute atomic E-state index is 0.193. The predicted octanol–water partition coefficient (Wildman–Crippen LogP) is 3.36. The van der Waals surface area contributed by atoms with Crippen LogP contribution in [0.15, 0.2) is 52.7 Å². The SMILES string of the molecule is [11CH3]S(=O)(=O)c1ccc(-c2nc(F)cc(NCc3cccs3)n2)cc1. The van der Waals surface area contributed by atoms with Crippen LogP contribution in [0.3, 0.4) is 0 Å². The largest absolute Gasteiger partial charge is 0.365 e. The standard InChI is InChI=1S/C16H14FN3O2S2/c1-24(21,22)13-6-4-11(5-7-13)16-19-14(17)9-15(20-16)18-10-12-3-2-8-23-12/h2-9H,10H2,1H3,(H,18,19,20)/i1-1. The zero-order chi connectivity index (χ0) is 17.2. The third-order valence-electron chi connectivity index (χ3n) is 3.26. The molecule has 0 atom stereocenters. The number of nitrogens with zero attached hydrogens (tertiary/aromatic N) is 2. The first-order chi connectivity index (χ1) is 11.4. The first-order valence-electron chi connectivity index (χ1n) is 7.03. The maximum Gasteiger partial charge on any atom is 0.218 e. The molecule has 24 heavy (non-hydrogen) atoms. The lowest BCUT2D eigenvalue weighted by atomic mass is 10.2. The number of nitrogens with one attached hydrogen (secondary N) is 1. The third-order valence-corrected chi connectivity index (χ3v) is 5.26. The summed E-state index contributed by atoms with van der Waals surface area (Å²) in [5, 5.41) is 5.02. The van der Waals surface area contributed by atoms with Gasteiger partial charge < -0.3 is 5.32 Å². The van der Waals surface area contributed by atoms with Crippen molar-refractivity contribution in [1.29, 1.82) is 0 Å². The molecular formula is C16H14FN3O2S2. The van der Waals surface area contributed by atoms with Crippen molar-refractivity contribution in [3.8, 4) is 11.4 Å². The molecule has 0 amide bonds. The number of benzene rings is 1. The second-order valence-electron chi connectivity index (χ2n) is 5.13. The summed E-state index contributed by atoms with van der Waals surface area (Å²) in [4.78, 5) is 9.36. The summed E-state index contributed by atoms with van der Waals surface area (Å²) in [7, 11) is -3.28. The molecule has 0 aliphatic rings. The van der Waals surface area contributed by atoms with E-state index in [2.05, 4.69) is 15.3 Å². The van der Waals surface area contributed by atoms with Gasteiger partial charge in [-0.15, -0.1) is 11.3 Å². The minimum Gasteiger partial charge on any atom is -0.365 e. The van der Waals surface area contributed by atoms with Gasteiger partial charge in [0.2, 0.25) is 5.95 Å². The van der Waals surface area contributed by atoms with Gasteiger partial charge in [-0.3, -0.25) is 0 Å². The molecule has 3 rings (SSSR count). The highest BCUT2D eigenvalue weighted by atomic mass is 32.2. The van der Waals surface area contributed by atoms with Gasteiger partial charge in [0.05, 0.1) is 11.4 Å². The molecule has 2 aromatic heterocycles. The Hall–Kier alpha value is -2.32. The predicted molar refractivity (Wildman–Crippen MR) is 92.2 cm³/mol. The Morgan fingerprint density at radius 2 is 1.92 bits per heavy atom. The molecule has 0 spiro atoms. The van der Waals surface area contributed by atoms with E-state index in [0.29, 0.717) is 17.9 Å². The Morgan fingerprint density at radius 3 is 2.54 bits per heavy atom. The molecule has 0 aliphatic heterocycles. The van der Waals surface area contributed by atoms with Crippen LogP contribution in [0.4, 0.5) is 10.2 Å². The Balaban J connectivity index is 1.85. The summed E-state index contributed by atoms with van der Waals surface area (Å²) in [6, 6.07) is 11.2. The molecule has 3 aromatic rings. The molecule has 0 aliphatic carbocycles. The van der Waals surface area contributed by atoms with Gasteiger partial charge in [-0.2, -0.15) is 9.37 Å². The number of sulfone groups is 1. The van der Waals surface area contributed by atoms with Gasteiger partial charge in [0.25, 0.3) is 0 Å². The number of thiophene rings is 1. The number of hydrogen-bond acceptors (Lipinski definition) is 6. The van der Waals surface area contributed by atoms with Crippen LogP contribution in [-0.2, 0) is 16.4 Å². The molecule has 0 saturated carbocycles. The lowest BCUT2D eigenvalue weighted by Crippen LogP contribution is -2.03. The second kappa shape index (κ2) is 6.66. The molecule has 5 nitrogen and oxygen atoms in total. The van der Waals surface area contributed by atoms with E-state index in [1.807, 2.05) is 17.5 Å². The van der Waals surface area contributed by atoms with E-state index in [9.17, 15) is 12.8 Å². The number of anilines is 1. The summed E-state index contributed by atoms with van der Waals surface area (Å²) in [6.07, 6.45) is 1.13. The smallest absolute Gasteiger partial charge is 0.218 e. The number of aromatic nitrogens is 2. The average Bonchev–Trinajstić information content (AvgIpc) is 3.05. The fourth-order valence-corrected chi connectivity index (χ4v) is 3.35. The molecule has 0 bridgehead atoms. The van der Waals surface area contributed by atoms with Gasteiger partial charge in [-0.1, -0.05) is 6.07 Å². The van der Waals surface area contributed by atoms with Crippen LogP contribution < -0.4 is 5.32 Å². The Kier molecular flexibility index (Phi) is 4.59. The zero-order valence-corrected chi connectivity index (χ0v) is 14.4. The van der Waals surface area contributed by atoms with Gasteiger partial charge in [-0.05, 0) is 35.7 Å². The summed E-state index contributed by atoms with van der Waals surface area (Å²) < 4.78 is 36.7. The van der Waals surface area contributed by atoms with Crippen LogP contribution in [-0.4, -0.2) is 24.6 Å². The molecule has 1 N–H and O–H groups in total. The highest BCUT2D eigenvalue weighted by Crippen LogP contribution is 2.20. The van der Waals surface area contributed by atoms with Gasteiger partial charge in [0.15, 0.2) is 15.7 Å². The zero-order valence-electron chi connectivity index (χ0n) is 12.7. The van der Waals surface area contributed by atoms with Crippen molar-refractivity contribution >= 4 is 27.0 Å². The van der Waals surface area contributed by atoms with Crippen molar-refractivity contribution in [3.63, 3.8) is 0 Å². The highest BCUT2D eigenvalue weighted by molar-refractivity contribution is 7.90. The van der Waals surface area contributed by atoms with E-state index in [-0.39, 0.29) is 10.7 Å². The summed E-state index contributed by atoms with van der Waals surface area (Å²) in [6.45, 7) is 0.542. The van der Waals surface area contributed by atoms with Crippen LogP contribution in [0.2, 0.25) is 0 Å². The van der Waals surface area contributed by atoms with E-state index in [0.717, 1.165) is 11.1 Å². The van der Waals surface area contributed by atoms with E-state index < -0.39 is 15.8 Å². The monoisotopic (exact) mass is 362 g/mol. The average molecular weight is 362 g/mol. The Morgan fingerprint density at radius 1 is 1.17 bits per heavy atom. The van der Waals surface area contributed by atoms with Crippen molar-refractivity contribution in [2.24, 2.45) is 0 Å². The molecule has 124 valence electrons. The fourth-order valence-electron chi connectivity index (χ4n) is 2.08. The molecular weight excluding hydrogens is 348 g/mol. The molecule has 8 heteroatoms. The molecule has 0 fully saturated rings. The van der Waals surface area contributed by atoms with Crippen molar-refractivity contribution in [3.05, 3.63) is 58.7 Å². The number of halogens is 1. The molecule has 2 heterocycles. The maximum atomic E-state index is 13.8. The quantitative estimate of drug-likeness (QED) is 0.705. The van der Waals surface area contributed by atoms with Crippen LogP contribution in [0, 0.1) is 5.95 Å². The van der Waals surface area contributed by atoms with E-state index in [4.69, 9.17) is 0 Å². The number of hydrogen-bond donors (Lipinski definition) is 1. The van der Waals surface area contributed by atoms with Crippen molar-refractivity contribution in [2.75, 3.05) is 11.6 Å². The van der Waals surface area contributed by atoms with Crippen LogP contribution in [0.25, 0.3) is 11.4 Å². The third kappa shape index (κ3) is 3.95. The lowest BCUT2D eigenvalue weighted by Gasteiger charge is -2.07. The summed E-state index contributed by atoms with van der Waals surface area (Å²) in [5.74, 6) is -0.0808. The first-order valence-corrected chi connectivity index (χ1v) is 9.80. The normalized spacial score (nSPS) is 11.4. The second-order valence-corrected chi connectivity index (χ2v) is 8.18. The van der Waals surface area contributed by atoms with Gasteiger partial charge in [0.1, 0.15) is 5.82 Å². The van der Waals surface area contributed by atoms with Crippen LogP contribution in [0.1, 0.15) is 4.88 Å². The first kappa shape index (κ1) is 16.5. The van der Waals surface area contributed by atoms with Crippen LogP contribution in [0.5, 0.6) is 0 Å². The molecule has 1 aromatic carbocycles. The summed E-state index contributed by atoms with van der Waals surface area (Å²) in [5.41, 5.74) is 0.543. The van der Waals surface area contributed by atoms with Gasteiger partial charge in [0, 0.05) is 22.8 Å². The van der Waals surface area contributed by atoms with Crippen molar-refractivity contribution in [1.82, 2.24) is 9.97 Å². The van der Waals surface area contributed by atoms with Crippen LogP contribution >= 0.6 is 11.3 Å². The Bertz CT molecular complexity index is 940. The molecule has 0 radical (unpaired) electrons. The topological polar surface area (TPSA) is 72.0 Å². The van der Waals surface area contributed by atoms with Crippen molar-refractivity contribution < 1.29 is 12.8 Å². The van der Waals surface area contributed by atoms with Gasteiger partial charge in [-0.25, -0.2) is 13.4 Å². The minimum atomic E-state index is -3.28. The maximum absolute atomic E-state index is 13.8. The lowest BCUT2D eigenvalue weighted by molar-refractivity contribution is 0.582. The highest BCUT2D eigenvalue weighted by Gasteiger charge is 2.10. The fraction of sp³-hybridized carbons (Fsp3) is 0.125. The van der Waals surface area contributed by atoms with Gasteiger partial charge >= 0.3 is 0 Å².